The number of nitrogens with zero attached hydrogens (tertiary/aromatic N) is 2. The van der Waals surface area contributed by atoms with E-state index >= 15 is 0 Å². The lowest BCUT2D eigenvalue weighted by molar-refractivity contribution is 0.0950. The highest BCUT2D eigenvalue weighted by molar-refractivity contribution is 5.98. The van der Waals surface area contributed by atoms with Crippen LogP contribution in [0.1, 0.15) is 33.5 Å². The number of anilines is 1. The number of aryl methyl sites for hydroxylation is 1. The van der Waals surface area contributed by atoms with E-state index in [-0.39, 0.29) is 5.91 Å². The molecule has 0 spiro atoms. The molecule has 4 rings (SSSR count). The topological polar surface area (TPSA) is 59.0 Å². The van der Waals surface area contributed by atoms with Gasteiger partial charge in [-0.25, -0.2) is 4.98 Å². The minimum atomic E-state index is -0.0706. The lowest BCUT2D eigenvalue weighted by Crippen LogP contribution is -2.25. The summed E-state index contributed by atoms with van der Waals surface area (Å²) < 4.78 is 1.86. The highest BCUT2D eigenvalue weighted by Gasteiger charge is 2.16. The van der Waals surface area contributed by atoms with Crippen LogP contribution < -0.4 is 10.6 Å². The summed E-state index contributed by atoms with van der Waals surface area (Å²) in [6.45, 7) is 3.54. The van der Waals surface area contributed by atoms with Crippen molar-refractivity contribution in [1.29, 1.82) is 0 Å². The maximum Gasteiger partial charge on any atom is 0.253 e. The number of nitrogens with one attached hydrogen (secondary N) is 2. The third-order valence-electron chi connectivity index (χ3n) is 4.81. The van der Waals surface area contributed by atoms with Gasteiger partial charge in [0, 0.05) is 31.2 Å². The van der Waals surface area contributed by atoms with E-state index in [0.29, 0.717) is 12.1 Å². The molecule has 3 aromatic rings. The second kappa shape index (κ2) is 7.04. The van der Waals surface area contributed by atoms with Gasteiger partial charge in [-0.1, -0.05) is 23.8 Å². The van der Waals surface area contributed by atoms with Crippen LogP contribution in [0.2, 0.25) is 0 Å². The third kappa shape index (κ3) is 3.20. The van der Waals surface area contributed by atoms with Crippen molar-refractivity contribution >= 4 is 11.6 Å². The van der Waals surface area contributed by atoms with Gasteiger partial charge < -0.3 is 15.2 Å². The molecule has 132 valence electrons. The van der Waals surface area contributed by atoms with Crippen molar-refractivity contribution in [2.45, 2.75) is 26.3 Å². The van der Waals surface area contributed by atoms with Crippen LogP contribution in [0.25, 0.3) is 5.69 Å². The molecule has 2 N–H and O–H groups in total. The number of aromatic nitrogens is 2. The first kappa shape index (κ1) is 16.4. The first-order valence-electron chi connectivity index (χ1n) is 8.94. The number of carbonyl (C=O) groups is 1. The second-order valence-electron chi connectivity index (χ2n) is 6.65. The van der Waals surface area contributed by atoms with Gasteiger partial charge >= 0.3 is 0 Å². The van der Waals surface area contributed by atoms with E-state index in [2.05, 4.69) is 27.8 Å². The molecule has 2 heterocycles. The molecule has 0 saturated carbocycles. The summed E-state index contributed by atoms with van der Waals surface area (Å²) in [4.78, 5) is 17.0. The monoisotopic (exact) mass is 346 g/mol. The Labute approximate surface area is 153 Å². The minimum absolute atomic E-state index is 0.0706. The van der Waals surface area contributed by atoms with Crippen LogP contribution >= 0.6 is 0 Å². The summed E-state index contributed by atoms with van der Waals surface area (Å²) in [5.74, 6) is -0.0706. The normalized spacial score (nSPS) is 13.0. The smallest absolute Gasteiger partial charge is 0.253 e. The van der Waals surface area contributed by atoms with Gasteiger partial charge in [-0.3, -0.25) is 4.79 Å². The van der Waals surface area contributed by atoms with Gasteiger partial charge in [0.15, 0.2) is 0 Å². The quantitative estimate of drug-likeness (QED) is 0.760. The molecular formula is C21H22N4O. The van der Waals surface area contributed by atoms with Gasteiger partial charge in [-0.05, 0) is 49.1 Å². The van der Waals surface area contributed by atoms with E-state index in [4.69, 9.17) is 0 Å². The largest absolute Gasteiger partial charge is 0.385 e. The predicted molar refractivity (Wildman–Crippen MR) is 103 cm³/mol. The Morgan fingerprint density at radius 1 is 1.31 bits per heavy atom. The maximum atomic E-state index is 12.9. The van der Waals surface area contributed by atoms with Crippen LogP contribution in [0.3, 0.4) is 0 Å². The molecule has 0 unspecified atom stereocenters. The molecule has 0 aliphatic carbocycles. The molecule has 1 aromatic heterocycles. The molecule has 0 atom stereocenters. The van der Waals surface area contributed by atoms with Crippen molar-refractivity contribution in [3.8, 4) is 5.69 Å². The number of carbonyl (C=O) groups excluding carboxylic acids is 1. The Kier molecular flexibility index (Phi) is 4.44. The summed E-state index contributed by atoms with van der Waals surface area (Å²) in [6.07, 6.45) is 7.45. The molecule has 1 aliphatic rings. The number of hydrogen-bond donors (Lipinski definition) is 2. The van der Waals surface area contributed by atoms with Gasteiger partial charge in [0.05, 0.1) is 17.6 Å². The number of amides is 1. The average Bonchev–Trinajstić information content (AvgIpc) is 3.20. The van der Waals surface area contributed by atoms with Crippen LogP contribution in [0.5, 0.6) is 0 Å². The van der Waals surface area contributed by atoms with E-state index in [9.17, 15) is 4.79 Å². The predicted octanol–water partition coefficient (Wildman–Crippen LogP) is 3.47. The Morgan fingerprint density at radius 3 is 3.08 bits per heavy atom. The molecule has 0 bridgehead atoms. The van der Waals surface area contributed by atoms with E-state index in [1.807, 2.05) is 42.0 Å². The van der Waals surface area contributed by atoms with E-state index in [1.54, 1.807) is 12.5 Å². The summed E-state index contributed by atoms with van der Waals surface area (Å²) in [7, 11) is 0. The fourth-order valence-electron chi connectivity index (χ4n) is 3.48. The molecule has 0 fully saturated rings. The van der Waals surface area contributed by atoms with Crippen LogP contribution in [0.15, 0.2) is 55.1 Å². The van der Waals surface area contributed by atoms with Gasteiger partial charge in [-0.2, -0.15) is 0 Å². The molecule has 0 saturated heterocycles. The first-order valence-corrected chi connectivity index (χ1v) is 8.94. The number of hydrogen-bond acceptors (Lipinski definition) is 3. The lowest BCUT2D eigenvalue weighted by Gasteiger charge is -2.21. The number of fused-ring (bicyclic) bond motifs is 1. The molecule has 2 aromatic carbocycles. The van der Waals surface area contributed by atoms with Crippen LogP contribution in [0, 0.1) is 6.92 Å². The van der Waals surface area contributed by atoms with Crippen molar-refractivity contribution < 1.29 is 4.79 Å². The number of rotatable bonds is 4. The molecule has 1 amide bonds. The fraction of sp³-hybridized carbons (Fsp3) is 0.238. The van der Waals surface area contributed by atoms with Gasteiger partial charge in [0.1, 0.15) is 0 Å². The van der Waals surface area contributed by atoms with Gasteiger partial charge in [-0.15, -0.1) is 0 Å². The highest BCUT2D eigenvalue weighted by Crippen LogP contribution is 2.25. The third-order valence-corrected chi connectivity index (χ3v) is 4.81. The SMILES string of the molecule is Cc1ccc(-n2ccnc2)c(C(=O)NCc2cccc3c2CCCN3)c1. The first-order chi connectivity index (χ1) is 12.7. The zero-order valence-electron chi connectivity index (χ0n) is 14.8. The molecule has 26 heavy (non-hydrogen) atoms. The van der Waals surface area contributed by atoms with Crippen molar-refractivity contribution in [2.24, 2.45) is 0 Å². The minimum Gasteiger partial charge on any atom is -0.385 e. The molecule has 5 nitrogen and oxygen atoms in total. The number of imidazole rings is 1. The number of benzene rings is 2. The summed E-state index contributed by atoms with van der Waals surface area (Å²) in [5, 5.41) is 6.53. The second-order valence-corrected chi connectivity index (χ2v) is 6.65. The van der Waals surface area contributed by atoms with Crippen LogP contribution in [-0.2, 0) is 13.0 Å². The summed E-state index contributed by atoms with van der Waals surface area (Å²) in [6, 6.07) is 12.1. The Bertz CT molecular complexity index is 931. The average molecular weight is 346 g/mol. The van der Waals surface area contributed by atoms with Crippen LogP contribution in [0.4, 0.5) is 5.69 Å². The van der Waals surface area contributed by atoms with Crippen molar-refractivity contribution in [3.63, 3.8) is 0 Å². The van der Waals surface area contributed by atoms with Crippen LogP contribution in [-0.4, -0.2) is 22.0 Å². The summed E-state index contributed by atoms with van der Waals surface area (Å²) in [5.41, 5.74) is 6.24. The van der Waals surface area contributed by atoms with E-state index in [0.717, 1.165) is 30.6 Å². The standard InChI is InChI=1S/C21H22N4O/c1-15-7-8-20(25-11-10-22-14-25)18(12-15)21(26)24-13-16-4-2-6-19-17(16)5-3-9-23-19/h2,4,6-8,10-12,14,23H,3,5,9,13H2,1H3,(H,24,26). The lowest BCUT2D eigenvalue weighted by atomic mass is 9.97. The molecule has 0 radical (unpaired) electrons. The molecule has 5 heteroatoms. The van der Waals surface area contributed by atoms with Crippen molar-refractivity contribution in [1.82, 2.24) is 14.9 Å². The Balaban J connectivity index is 1.57. The van der Waals surface area contributed by atoms with Gasteiger partial charge in [0.25, 0.3) is 5.91 Å². The zero-order chi connectivity index (χ0) is 17.9. The zero-order valence-corrected chi connectivity index (χ0v) is 14.8. The van der Waals surface area contributed by atoms with E-state index < -0.39 is 0 Å². The molecular weight excluding hydrogens is 324 g/mol. The van der Waals surface area contributed by atoms with E-state index in [1.165, 1.54) is 16.8 Å². The van der Waals surface area contributed by atoms with Crippen molar-refractivity contribution in [2.75, 3.05) is 11.9 Å². The van der Waals surface area contributed by atoms with Crippen molar-refractivity contribution in [3.05, 3.63) is 77.4 Å². The molecule has 1 aliphatic heterocycles. The Hall–Kier alpha value is -3.08. The fourth-order valence-corrected chi connectivity index (χ4v) is 3.48. The van der Waals surface area contributed by atoms with Gasteiger partial charge in [0.2, 0.25) is 0 Å². The Morgan fingerprint density at radius 2 is 2.23 bits per heavy atom. The maximum absolute atomic E-state index is 12.9. The highest BCUT2D eigenvalue weighted by atomic mass is 16.1. The summed E-state index contributed by atoms with van der Waals surface area (Å²) >= 11 is 0.